The summed E-state index contributed by atoms with van der Waals surface area (Å²) in [7, 11) is 0. The third-order valence-corrected chi connectivity index (χ3v) is 4.15. The van der Waals surface area contributed by atoms with Gasteiger partial charge in [0, 0.05) is 19.2 Å². The van der Waals surface area contributed by atoms with E-state index in [1.807, 2.05) is 0 Å². The highest BCUT2D eigenvalue weighted by atomic mass is 16.5. The number of hydrogen-bond donors (Lipinski definition) is 1. The molecule has 1 N–H and O–H groups in total. The number of hydrogen-bond acceptors (Lipinski definition) is 2. The number of nitrogens with one attached hydrogen (secondary N) is 1. The lowest BCUT2D eigenvalue weighted by Gasteiger charge is -2.20. The summed E-state index contributed by atoms with van der Waals surface area (Å²) in [4.78, 5) is 0. The first kappa shape index (κ1) is 15.5. The van der Waals surface area contributed by atoms with Crippen LogP contribution in [0.5, 0.6) is 0 Å². The molecular weight excluding hydrogens is 246 g/mol. The van der Waals surface area contributed by atoms with Gasteiger partial charge in [-0.3, -0.25) is 0 Å². The minimum Gasteiger partial charge on any atom is -0.378 e. The zero-order valence-corrected chi connectivity index (χ0v) is 13.0. The van der Waals surface area contributed by atoms with Crippen molar-refractivity contribution in [1.29, 1.82) is 0 Å². The molecule has 0 aromatic heterocycles. The van der Waals surface area contributed by atoms with Gasteiger partial charge in [-0.2, -0.15) is 0 Å². The smallest absolute Gasteiger partial charge is 0.0576 e. The van der Waals surface area contributed by atoms with E-state index >= 15 is 0 Å². The normalized spacial score (nSPS) is 20.4. The van der Waals surface area contributed by atoms with Crippen LogP contribution in [0.15, 0.2) is 30.3 Å². The van der Waals surface area contributed by atoms with Crippen molar-refractivity contribution < 1.29 is 4.74 Å². The second-order valence-corrected chi connectivity index (χ2v) is 6.24. The summed E-state index contributed by atoms with van der Waals surface area (Å²) < 4.78 is 5.72. The lowest BCUT2D eigenvalue weighted by atomic mass is 9.92. The number of ether oxygens (including phenoxy) is 1. The van der Waals surface area contributed by atoms with E-state index in [0.717, 1.165) is 13.2 Å². The van der Waals surface area contributed by atoms with Crippen LogP contribution in [0.4, 0.5) is 0 Å². The number of benzene rings is 1. The minimum absolute atomic E-state index is 0.532. The molecule has 0 aliphatic carbocycles. The van der Waals surface area contributed by atoms with Gasteiger partial charge >= 0.3 is 0 Å². The highest BCUT2D eigenvalue weighted by Crippen LogP contribution is 2.24. The largest absolute Gasteiger partial charge is 0.378 e. The van der Waals surface area contributed by atoms with Crippen molar-refractivity contribution in [3.05, 3.63) is 35.9 Å². The predicted molar refractivity (Wildman–Crippen MR) is 85.1 cm³/mol. The summed E-state index contributed by atoms with van der Waals surface area (Å²) in [5.41, 5.74) is 1.47. The van der Waals surface area contributed by atoms with Crippen LogP contribution in [-0.2, 0) is 4.74 Å². The molecule has 1 aromatic rings. The van der Waals surface area contributed by atoms with Gasteiger partial charge in [-0.15, -0.1) is 0 Å². The molecular formula is C18H29NO. The molecule has 0 saturated carbocycles. The first-order valence-electron chi connectivity index (χ1n) is 8.15. The predicted octanol–water partition coefficient (Wildman–Crippen LogP) is 4.12. The van der Waals surface area contributed by atoms with E-state index in [4.69, 9.17) is 4.74 Å². The van der Waals surface area contributed by atoms with E-state index in [-0.39, 0.29) is 0 Å². The Kier molecular flexibility index (Phi) is 6.55. The van der Waals surface area contributed by atoms with Gasteiger partial charge < -0.3 is 10.1 Å². The van der Waals surface area contributed by atoms with E-state index in [9.17, 15) is 0 Å². The zero-order chi connectivity index (χ0) is 14.2. The lowest BCUT2D eigenvalue weighted by Crippen LogP contribution is -2.28. The average Bonchev–Trinajstić information content (AvgIpc) is 2.96. The van der Waals surface area contributed by atoms with E-state index in [1.165, 1.54) is 37.7 Å². The van der Waals surface area contributed by atoms with Crippen molar-refractivity contribution in [2.75, 3.05) is 13.2 Å². The summed E-state index contributed by atoms with van der Waals surface area (Å²) in [5, 5.41) is 3.59. The van der Waals surface area contributed by atoms with Gasteiger partial charge in [0.15, 0.2) is 0 Å². The Morgan fingerprint density at radius 3 is 2.70 bits per heavy atom. The molecule has 2 nitrogen and oxygen atoms in total. The van der Waals surface area contributed by atoms with E-state index in [2.05, 4.69) is 49.5 Å². The van der Waals surface area contributed by atoms with Crippen molar-refractivity contribution in [2.45, 2.75) is 64.0 Å². The second-order valence-electron chi connectivity index (χ2n) is 6.24. The van der Waals surface area contributed by atoms with Crippen LogP contribution in [-0.4, -0.2) is 25.3 Å². The van der Waals surface area contributed by atoms with Gasteiger partial charge in [0.1, 0.15) is 0 Å². The Morgan fingerprint density at radius 1 is 1.25 bits per heavy atom. The maximum absolute atomic E-state index is 5.72. The van der Waals surface area contributed by atoms with Gasteiger partial charge in [-0.25, -0.2) is 0 Å². The van der Waals surface area contributed by atoms with Crippen LogP contribution in [0.25, 0.3) is 0 Å². The van der Waals surface area contributed by atoms with Gasteiger partial charge in [0.05, 0.1) is 6.10 Å². The third-order valence-electron chi connectivity index (χ3n) is 4.15. The Hall–Kier alpha value is -0.860. The third kappa shape index (κ3) is 5.26. The van der Waals surface area contributed by atoms with Crippen LogP contribution < -0.4 is 5.32 Å². The van der Waals surface area contributed by atoms with Gasteiger partial charge in [0.2, 0.25) is 0 Å². The maximum atomic E-state index is 5.72. The summed E-state index contributed by atoms with van der Waals surface area (Å²) in [6, 6.07) is 11.5. The molecule has 1 aliphatic heterocycles. The fourth-order valence-electron chi connectivity index (χ4n) is 2.95. The molecule has 1 saturated heterocycles. The SMILES string of the molecule is CC(C)NCC(CCCC1CCCO1)c1ccccc1. The molecule has 0 amide bonds. The highest BCUT2D eigenvalue weighted by Gasteiger charge is 2.17. The van der Waals surface area contributed by atoms with Gasteiger partial charge in [-0.1, -0.05) is 50.6 Å². The number of rotatable bonds is 8. The summed E-state index contributed by atoms with van der Waals surface area (Å²) in [5.74, 6) is 0.625. The lowest BCUT2D eigenvalue weighted by molar-refractivity contribution is 0.101. The first-order valence-corrected chi connectivity index (χ1v) is 8.15. The Balaban J connectivity index is 1.82. The summed E-state index contributed by atoms with van der Waals surface area (Å²) in [6.45, 7) is 6.48. The molecule has 0 spiro atoms. The zero-order valence-electron chi connectivity index (χ0n) is 13.0. The van der Waals surface area contributed by atoms with Crippen molar-refractivity contribution in [3.63, 3.8) is 0 Å². The molecule has 0 radical (unpaired) electrons. The van der Waals surface area contributed by atoms with Crippen LogP contribution >= 0.6 is 0 Å². The molecule has 20 heavy (non-hydrogen) atoms. The van der Waals surface area contributed by atoms with Gasteiger partial charge in [0.25, 0.3) is 0 Å². The average molecular weight is 275 g/mol. The minimum atomic E-state index is 0.532. The molecule has 1 aromatic carbocycles. The van der Waals surface area contributed by atoms with Crippen molar-refractivity contribution in [1.82, 2.24) is 5.32 Å². The summed E-state index contributed by atoms with van der Waals surface area (Å²) >= 11 is 0. The molecule has 1 heterocycles. The Labute approximate surface area is 123 Å². The molecule has 2 unspecified atom stereocenters. The highest BCUT2D eigenvalue weighted by molar-refractivity contribution is 5.19. The molecule has 2 rings (SSSR count). The monoisotopic (exact) mass is 275 g/mol. The molecule has 1 aliphatic rings. The van der Waals surface area contributed by atoms with Crippen molar-refractivity contribution in [2.24, 2.45) is 0 Å². The Morgan fingerprint density at radius 2 is 2.05 bits per heavy atom. The first-order chi connectivity index (χ1) is 9.75. The summed E-state index contributed by atoms with van der Waals surface area (Å²) in [6.07, 6.45) is 6.80. The van der Waals surface area contributed by atoms with Crippen LogP contribution in [0.2, 0.25) is 0 Å². The van der Waals surface area contributed by atoms with Crippen LogP contribution in [0.3, 0.4) is 0 Å². The van der Waals surface area contributed by atoms with Crippen molar-refractivity contribution in [3.8, 4) is 0 Å². The molecule has 2 heteroatoms. The topological polar surface area (TPSA) is 21.3 Å². The van der Waals surface area contributed by atoms with Crippen molar-refractivity contribution >= 4 is 0 Å². The van der Waals surface area contributed by atoms with Crippen LogP contribution in [0.1, 0.15) is 57.4 Å². The molecule has 2 atom stereocenters. The second kappa shape index (κ2) is 8.43. The maximum Gasteiger partial charge on any atom is 0.0576 e. The Bertz CT molecular complexity index is 357. The fourth-order valence-corrected chi connectivity index (χ4v) is 2.95. The van der Waals surface area contributed by atoms with E-state index in [1.54, 1.807) is 0 Å². The van der Waals surface area contributed by atoms with E-state index in [0.29, 0.717) is 18.1 Å². The quantitative estimate of drug-likeness (QED) is 0.770. The molecule has 1 fully saturated rings. The fraction of sp³-hybridized carbons (Fsp3) is 0.667. The van der Waals surface area contributed by atoms with Crippen LogP contribution in [0, 0.1) is 0 Å². The molecule has 112 valence electrons. The van der Waals surface area contributed by atoms with E-state index < -0.39 is 0 Å². The van der Waals surface area contributed by atoms with Gasteiger partial charge in [-0.05, 0) is 37.2 Å². The standard InChI is InChI=1S/C18H29NO/c1-15(2)19-14-17(16-8-4-3-5-9-16)10-6-11-18-12-7-13-20-18/h3-5,8-9,15,17-19H,6-7,10-14H2,1-2H3. The molecule has 0 bridgehead atoms.